The van der Waals surface area contributed by atoms with Gasteiger partial charge in [0.05, 0.1) is 0 Å². The highest BCUT2D eigenvalue weighted by Crippen LogP contribution is 2.33. The molecule has 0 radical (unpaired) electrons. The number of rotatable bonds is 13. The van der Waals surface area contributed by atoms with Gasteiger partial charge in [-0.1, -0.05) is 78.9 Å². The fraction of sp³-hybridized carbons (Fsp3) is 0.263. The number of hydrogen-bond acceptors (Lipinski definition) is 5. The first-order valence-electron chi connectivity index (χ1n) is 24.2. The van der Waals surface area contributed by atoms with Gasteiger partial charge in [0.2, 0.25) is 17.5 Å². The lowest BCUT2D eigenvalue weighted by Gasteiger charge is -2.29. The van der Waals surface area contributed by atoms with Crippen molar-refractivity contribution in [3.63, 3.8) is 0 Å². The summed E-state index contributed by atoms with van der Waals surface area (Å²) >= 11 is 7.02. The van der Waals surface area contributed by atoms with Crippen LogP contribution in [-0.2, 0) is 16.1 Å². The summed E-state index contributed by atoms with van der Waals surface area (Å²) in [4.78, 5) is 66.8. The molecule has 0 fully saturated rings. The maximum atomic E-state index is 14.4. The number of H-pyrrole nitrogens is 2. The molecule has 0 saturated carbocycles. The molecule has 0 aliphatic carbocycles. The van der Waals surface area contributed by atoms with Crippen molar-refractivity contribution >= 4 is 79.2 Å². The van der Waals surface area contributed by atoms with Gasteiger partial charge in [-0.3, -0.25) is 23.9 Å². The number of aromatic amines is 2. The van der Waals surface area contributed by atoms with Crippen LogP contribution in [0, 0.1) is 0 Å². The Morgan fingerprint density at radius 2 is 1.27 bits per heavy atom. The number of pyridine rings is 1. The van der Waals surface area contributed by atoms with E-state index < -0.39 is 0 Å². The Balaban J connectivity index is 0.816. The van der Waals surface area contributed by atoms with Crippen molar-refractivity contribution in [2.24, 2.45) is 0 Å². The lowest BCUT2D eigenvalue weighted by molar-refractivity contribution is -0.564. The van der Waals surface area contributed by atoms with Crippen LogP contribution >= 0.6 is 11.6 Å². The molecular weight excluding hydrogens is 910 g/mol. The van der Waals surface area contributed by atoms with Gasteiger partial charge < -0.3 is 29.6 Å². The van der Waals surface area contributed by atoms with E-state index in [4.69, 9.17) is 16.7 Å². The predicted octanol–water partition coefficient (Wildman–Crippen LogP) is 9.27. The monoisotopic (exact) mass is 966 g/mol. The van der Waals surface area contributed by atoms with Gasteiger partial charge >= 0.3 is 0 Å². The number of carbonyl (C=O) groups is 4. The average molecular weight is 968 g/mol. The second-order valence-corrected chi connectivity index (χ2v) is 19.4. The summed E-state index contributed by atoms with van der Waals surface area (Å²) in [5.41, 5.74) is 11.7. The molecule has 0 saturated heterocycles. The van der Waals surface area contributed by atoms with Gasteiger partial charge in [-0.05, 0) is 94.6 Å². The molecule has 14 heteroatoms. The van der Waals surface area contributed by atoms with Crippen LogP contribution in [0.4, 0.5) is 0 Å². The molecule has 2 aliphatic rings. The quantitative estimate of drug-likeness (QED) is 0.0878. The molecule has 4 aromatic heterocycles. The summed E-state index contributed by atoms with van der Waals surface area (Å²) in [6.07, 6.45) is 9.05. The zero-order valence-corrected chi connectivity index (χ0v) is 41.2. The van der Waals surface area contributed by atoms with Gasteiger partial charge in [0.25, 0.3) is 22.5 Å². The Labute approximate surface area is 417 Å². The van der Waals surface area contributed by atoms with Crippen LogP contribution in [0.25, 0.3) is 49.7 Å². The zero-order valence-electron chi connectivity index (χ0n) is 40.5. The van der Waals surface area contributed by atoms with Gasteiger partial charge in [0.15, 0.2) is 0 Å². The van der Waals surface area contributed by atoms with E-state index in [9.17, 15) is 19.2 Å². The van der Waals surface area contributed by atoms with E-state index in [2.05, 4.69) is 70.7 Å². The normalized spacial score (nSPS) is 14.4. The molecule has 2 N–H and O–H groups in total. The molecule has 6 heterocycles. The fourth-order valence-corrected chi connectivity index (χ4v) is 10.3. The van der Waals surface area contributed by atoms with Crippen LogP contribution in [0.3, 0.4) is 0 Å². The van der Waals surface area contributed by atoms with Crippen LogP contribution in [0.1, 0.15) is 81.3 Å². The number of aryl methyl sites for hydroxylation is 1. The van der Waals surface area contributed by atoms with E-state index in [1.54, 1.807) is 38.0 Å². The molecule has 1 unspecified atom stereocenters. The number of fused-ring (bicyclic) bond motifs is 3. The van der Waals surface area contributed by atoms with Crippen LogP contribution in [0.5, 0.6) is 0 Å². The molecule has 2 aliphatic heterocycles. The van der Waals surface area contributed by atoms with Crippen molar-refractivity contribution in [3.05, 3.63) is 172 Å². The van der Waals surface area contributed by atoms with Crippen LogP contribution < -0.4 is 4.57 Å². The largest absolute Gasteiger partial charge is 0.351 e. The first-order chi connectivity index (χ1) is 34.4. The predicted molar refractivity (Wildman–Crippen MR) is 279 cm³/mol. The Hall–Kier alpha value is -7.77. The second kappa shape index (κ2) is 19.9. The molecule has 8 aromatic rings. The van der Waals surface area contributed by atoms with Crippen molar-refractivity contribution in [2.75, 3.05) is 54.4 Å². The van der Waals surface area contributed by atoms with Crippen molar-refractivity contribution in [2.45, 2.75) is 44.6 Å². The Morgan fingerprint density at radius 1 is 0.676 bits per heavy atom. The second-order valence-electron chi connectivity index (χ2n) is 19.0. The number of hydrogen-bond donors (Lipinski definition) is 2. The molecule has 4 aromatic carbocycles. The van der Waals surface area contributed by atoms with E-state index in [-0.39, 0.29) is 36.0 Å². The van der Waals surface area contributed by atoms with Gasteiger partial charge in [0, 0.05) is 120 Å². The van der Waals surface area contributed by atoms with Gasteiger partial charge in [-0.2, -0.15) is 5.10 Å². The smallest absolute Gasteiger partial charge is 0.281 e. The minimum atomic E-state index is -0.220. The Morgan fingerprint density at radius 3 is 1.87 bits per heavy atom. The Kier molecular flexibility index (Phi) is 13.2. The van der Waals surface area contributed by atoms with E-state index in [0.717, 1.165) is 84.8 Å². The number of carbonyl (C=O) groups excluding carboxylic acids is 4. The van der Waals surface area contributed by atoms with Crippen LogP contribution in [0.15, 0.2) is 134 Å². The van der Waals surface area contributed by atoms with Gasteiger partial charge in [-0.15, -0.1) is 4.57 Å². The highest BCUT2D eigenvalue weighted by atomic mass is 35.5. The standard InChI is InChI=1S/C57H56ClN9O4/c1-62(2)56(70)49-31-41-21-19-38(29-47(41)60-49)43-15-9-25-64(35-43)54(68)18-11-27-66-51-23-24-53(58)67(52(51)34-59-66)45-17-8-14-40(28-45)46(37-12-6-5-7-13-37)33-55(69)65-26-10-16-44(36-65)39-20-22-42-32-50(57(71)63(3)4)61-48(42)30-39/h5-8,12-17,19-24,28-32,34,46H,9-11,18,25-27,33,35-36H2,1-4H3,(H-,60,61,70,71)/p+1. The third-order valence-electron chi connectivity index (χ3n) is 13.8. The highest BCUT2D eigenvalue weighted by Gasteiger charge is 2.28. The van der Waals surface area contributed by atoms with Crippen molar-refractivity contribution in [1.82, 2.24) is 39.3 Å². The third-order valence-corrected chi connectivity index (χ3v) is 14.1. The van der Waals surface area contributed by atoms with Crippen molar-refractivity contribution < 1.29 is 23.7 Å². The van der Waals surface area contributed by atoms with Crippen molar-refractivity contribution in [1.29, 1.82) is 0 Å². The molecule has 1 atom stereocenters. The molecule has 0 spiro atoms. The SMILES string of the molecule is CN(C)C(=O)c1cc2ccc(C3=CCCN(C(=O)CCCn4ncc5c4ccc(Cl)[n+]5-c4cccc(C(CC(=O)N5CCC=C(c6ccc7cc(C(=O)N(C)C)[nH]c7c6)C5)c5ccccc5)c4)C3)cc2[nH]1. The molecule has 360 valence electrons. The zero-order chi connectivity index (χ0) is 49.3. The number of amides is 4. The molecule has 0 bridgehead atoms. The summed E-state index contributed by atoms with van der Waals surface area (Å²) < 4.78 is 3.93. The van der Waals surface area contributed by atoms with E-state index in [1.807, 2.05) is 92.0 Å². The number of benzene rings is 4. The fourth-order valence-electron chi connectivity index (χ4n) is 10.0. The minimum Gasteiger partial charge on any atom is -0.351 e. The average Bonchev–Trinajstić information content (AvgIpc) is 4.14. The highest BCUT2D eigenvalue weighted by molar-refractivity contribution is 6.28. The lowest BCUT2D eigenvalue weighted by atomic mass is 9.87. The van der Waals surface area contributed by atoms with Gasteiger partial charge in [-0.25, -0.2) is 0 Å². The number of nitrogens with zero attached hydrogens (tertiary/aromatic N) is 7. The summed E-state index contributed by atoms with van der Waals surface area (Å²) in [7, 11) is 6.96. The topological polar surface area (TPSA) is 135 Å². The molecule has 4 amide bonds. The Bertz CT molecular complexity index is 3420. The maximum absolute atomic E-state index is 14.4. The number of aromatic nitrogens is 5. The third kappa shape index (κ3) is 9.74. The molecule has 13 nitrogen and oxygen atoms in total. The molecule has 71 heavy (non-hydrogen) atoms. The molecular formula is C57H57ClN9O4+. The first kappa shape index (κ1) is 46.9. The number of nitrogens with one attached hydrogen (secondary N) is 2. The van der Waals surface area contributed by atoms with Crippen molar-refractivity contribution in [3.8, 4) is 5.69 Å². The van der Waals surface area contributed by atoms with E-state index in [0.29, 0.717) is 62.1 Å². The first-order valence-corrected chi connectivity index (χ1v) is 24.6. The summed E-state index contributed by atoms with van der Waals surface area (Å²) in [5.74, 6) is -0.198. The number of halogens is 1. The summed E-state index contributed by atoms with van der Waals surface area (Å²) in [6.45, 7) is 2.88. The summed E-state index contributed by atoms with van der Waals surface area (Å²) in [5, 5.41) is 7.24. The lowest BCUT2D eigenvalue weighted by Crippen LogP contribution is -2.36. The minimum absolute atomic E-state index is 0.0720. The van der Waals surface area contributed by atoms with Gasteiger partial charge in [0.1, 0.15) is 23.1 Å². The van der Waals surface area contributed by atoms with E-state index >= 15 is 0 Å². The maximum Gasteiger partial charge on any atom is 0.281 e. The molecule has 10 rings (SSSR count). The summed E-state index contributed by atoms with van der Waals surface area (Å²) in [6, 6.07) is 38.3. The van der Waals surface area contributed by atoms with E-state index in [1.165, 1.54) is 0 Å². The van der Waals surface area contributed by atoms with Crippen LogP contribution in [-0.4, -0.2) is 117 Å². The van der Waals surface area contributed by atoms with Crippen LogP contribution in [0.2, 0.25) is 5.15 Å².